The summed E-state index contributed by atoms with van der Waals surface area (Å²) in [6, 6.07) is 0. The van der Waals surface area contributed by atoms with Gasteiger partial charge in [-0.25, -0.2) is 9.59 Å². The highest BCUT2D eigenvalue weighted by molar-refractivity contribution is 8.03. The van der Waals surface area contributed by atoms with Crippen molar-refractivity contribution in [1.82, 2.24) is 4.90 Å². The van der Waals surface area contributed by atoms with Gasteiger partial charge in [-0.2, -0.15) is 0 Å². The molecule has 21 heavy (non-hydrogen) atoms. The van der Waals surface area contributed by atoms with Gasteiger partial charge in [0.15, 0.2) is 17.1 Å². The van der Waals surface area contributed by atoms with Gasteiger partial charge in [0.05, 0.1) is 13.7 Å². The fourth-order valence-corrected chi connectivity index (χ4v) is 2.61. The minimum Gasteiger partial charge on any atom is -0.466 e. The van der Waals surface area contributed by atoms with Gasteiger partial charge in [-0.15, -0.1) is 11.8 Å². The van der Waals surface area contributed by atoms with Gasteiger partial charge in [-0.05, 0) is 12.3 Å². The second-order valence-electron chi connectivity index (χ2n) is 4.10. The van der Waals surface area contributed by atoms with Crippen LogP contribution in [-0.4, -0.2) is 59.5 Å². The number of carbonyl (C=O) groups excluding carboxylic acids is 4. The molecule has 0 amide bonds. The van der Waals surface area contributed by atoms with Crippen LogP contribution in [0.4, 0.5) is 0 Å². The van der Waals surface area contributed by atoms with Crippen molar-refractivity contribution >= 4 is 46.9 Å². The van der Waals surface area contributed by atoms with Gasteiger partial charge in [0.25, 0.3) is 0 Å². The lowest BCUT2D eigenvalue weighted by molar-refractivity contribution is -0.153. The van der Waals surface area contributed by atoms with E-state index in [0.717, 1.165) is 17.8 Å². The Balaban J connectivity index is 2.52. The predicted molar refractivity (Wildman–Crippen MR) is 75.5 cm³/mol. The molecule has 0 radical (unpaired) electrons. The van der Waals surface area contributed by atoms with Gasteiger partial charge in [0.2, 0.25) is 0 Å². The second kappa shape index (κ2) is 8.16. The number of ketones is 2. The Morgan fingerprint density at radius 2 is 2.19 bits per heavy atom. The van der Waals surface area contributed by atoms with Crippen LogP contribution in [0.25, 0.3) is 0 Å². The zero-order valence-electron chi connectivity index (χ0n) is 11.4. The van der Waals surface area contributed by atoms with Crippen molar-refractivity contribution in [2.24, 2.45) is 0 Å². The van der Waals surface area contributed by atoms with E-state index in [2.05, 4.69) is 4.74 Å². The topological polar surface area (TPSA) is 90.0 Å². The number of alkyl halides is 1. The summed E-state index contributed by atoms with van der Waals surface area (Å²) in [7, 11) is 1.23. The van der Waals surface area contributed by atoms with E-state index in [4.69, 9.17) is 16.3 Å². The van der Waals surface area contributed by atoms with Crippen LogP contribution in [0.3, 0.4) is 0 Å². The fraction of sp³-hybridized carbons (Fsp3) is 0.500. The standard InChI is InChI=1S/C12H14ClNO6S/c1-7(15)6-20-12(18)10(13)14-5-8(16)11(14)21-4-3-9(17)19-2/h3-4,10-11H,5-6H2,1-2H3/t10?,11-/m1/s1. The van der Waals surface area contributed by atoms with Crippen molar-refractivity contribution in [2.75, 3.05) is 20.3 Å². The first-order valence-corrected chi connectivity index (χ1v) is 7.23. The summed E-state index contributed by atoms with van der Waals surface area (Å²) in [5.41, 5.74) is -1.16. The van der Waals surface area contributed by atoms with E-state index >= 15 is 0 Å². The Hall–Kier alpha value is -1.38. The van der Waals surface area contributed by atoms with Crippen LogP contribution in [0.5, 0.6) is 0 Å². The summed E-state index contributed by atoms with van der Waals surface area (Å²) >= 11 is 6.93. The third-order valence-corrected chi connectivity index (χ3v) is 3.94. The van der Waals surface area contributed by atoms with Gasteiger partial charge < -0.3 is 9.47 Å². The fourth-order valence-electron chi connectivity index (χ4n) is 1.38. The molecule has 9 heteroatoms. The van der Waals surface area contributed by atoms with E-state index in [-0.39, 0.29) is 24.7 Å². The molecule has 116 valence electrons. The molecule has 1 rings (SSSR count). The minimum atomic E-state index is -1.16. The lowest BCUT2D eigenvalue weighted by atomic mass is 10.2. The maximum atomic E-state index is 11.6. The minimum absolute atomic E-state index is 0.00701. The largest absolute Gasteiger partial charge is 0.466 e. The first kappa shape index (κ1) is 17.7. The molecule has 1 aliphatic rings. The molecule has 0 aromatic heterocycles. The number of esters is 2. The van der Waals surface area contributed by atoms with E-state index < -0.39 is 22.8 Å². The molecule has 1 saturated heterocycles. The van der Waals surface area contributed by atoms with Gasteiger partial charge in [-0.3, -0.25) is 14.5 Å². The second-order valence-corrected chi connectivity index (χ2v) is 5.50. The number of thioether (sulfide) groups is 1. The number of hydrogen-bond donors (Lipinski definition) is 0. The molecule has 1 unspecified atom stereocenters. The first-order valence-electron chi connectivity index (χ1n) is 5.85. The van der Waals surface area contributed by atoms with Crippen LogP contribution in [-0.2, 0) is 28.7 Å². The molecular formula is C12H14ClNO6S. The Morgan fingerprint density at radius 1 is 1.52 bits per heavy atom. The molecule has 2 atom stereocenters. The zero-order chi connectivity index (χ0) is 16.0. The van der Waals surface area contributed by atoms with Crippen molar-refractivity contribution in [3.8, 4) is 0 Å². The van der Waals surface area contributed by atoms with E-state index in [9.17, 15) is 19.2 Å². The number of methoxy groups -OCH3 is 1. The smallest absolute Gasteiger partial charge is 0.339 e. The molecule has 0 spiro atoms. The average Bonchev–Trinajstić information content (AvgIpc) is 2.45. The highest BCUT2D eigenvalue weighted by Gasteiger charge is 2.44. The summed E-state index contributed by atoms with van der Waals surface area (Å²) in [6.07, 6.45) is 1.16. The lowest BCUT2D eigenvalue weighted by Crippen LogP contribution is -2.59. The summed E-state index contributed by atoms with van der Waals surface area (Å²) in [5, 5.41) is 0.726. The van der Waals surface area contributed by atoms with E-state index in [1.54, 1.807) is 0 Å². The maximum Gasteiger partial charge on any atom is 0.339 e. The van der Waals surface area contributed by atoms with Gasteiger partial charge in [-0.1, -0.05) is 11.6 Å². The van der Waals surface area contributed by atoms with Gasteiger partial charge >= 0.3 is 11.9 Å². The summed E-state index contributed by atoms with van der Waals surface area (Å²) in [6.45, 7) is 0.927. The lowest BCUT2D eigenvalue weighted by Gasteiger charge is -2.39. The number of rotatable bonds is 7. The number of hydrogen-bond acceptors (Lipinski definition) is 8. The quantitative estimate of drug-likeness (QED) is 0.284. The number of nitrogens with zero attached hydrogens (tertiary/aromatic N) is 1. The monoisotopic (exact) mass is 335 g/mol. The summed E-state index contributed by atoms with van der Waals surface area (Å²) in [5.74, 6) is -1.77. The normalized spacial score (nSPS) is 20.0. The molecular weight excluding hydrogens is 322 g/mol. The van der Waals surface area contributed by atoms with Crippen LogP contribution in [0, 0.1) is 0 Å². The molecule has 0 aliphatic carbocycles. The number of carbonyl (C=O) groups is 4. The molecule has 0 aromatic rings. The van der Waals surface area contributed by atoms with Crippen molar-refractivity contribution in [3.05, 3.63) is 11.5 Å². The van der Waals surface area contributed by atoms with Crippen molar-refractivity contribution in [3.63, 3.8) is 0 Å². The molecule has 7 nitrogen and oxygen atoms in total. The Bertz CT molecular complexity index is 480. The van der Waals surface area contributed by atoms with Crippen LogP contribution in [0.2, 0.25) is 0 Å². The van der Waals surface area contributed by atoms with E-state index in [0.29, 0.717) is 0 Å². The Labute approximate surface area is 130 Å². The van der Waals surface area contributed by atoms with E-state index in [1.807, 2.05) is 0 Å². The molecule has 1 heterocycles. The van der Waals surface area contributed by atoms with Crippen molar-refractivity contribution in [1.29, 1.82) is 0 Å². The van der Waals surface area contributed by atoms with Crippen molar-refractivity contribution < 1.29 is 28.7 Å². The Morgan fingerprint density at radius 3 is 2.71 bits per heavy atom. The number of ether oxygens (including phenoxy) is 2. The third-order valence-electron chi connectivity index (χ3n) is 2.43. The molecule has 0 bridgehead atoms. The SMILES string of the molecule is COC(=O)C=CS[C@@H]1C(=O)CN1C(Cl)C(=O)OCC(C)=O. The van der Waals surface area contributed by atoms with E-state index in [1.165, 1.54) is 24.3 Å². The predicted octanol–water partition coefficient (Wildman–Crippen LogP) is 0.314. The molecule has 0 N–H and O–H groups in total. The molecule has 0 saturated carbocycles. The van der Waals surface area contributed by atoms with Crippen molar-refractivity contribution in [2.45, 2.75) is 17.8 Å². The summed E-state index contributed by atoms with van der Waals surface area (Å²) < 4.78 is 9.10. The maximum absolute atomic E-state index is 11.6. The molecule has 0 aromatic carbocycles. The van der Waals surface area contributed by atoms with Gasteiger partial charge in [0, 0.05) is 6.08 Å². The number of Topliss-reactive ketones (excluding diaryl/α,β-unsaturated/α-hetero) is 2. The average molecular weight is 336 g/mol. The van der Waals surface area contributed by atoms with Gasteiger partial charge in [0.1, 0.15) is 12.0 Å². The van der Waals surface area contributed by atoms with Crippen LogP contribution >= 0.6 is 23.4 Å². The highest BCUT2D eigenvalue weighted by atomic mass is 35.5. The van der Waals surface area contributed by atoms with Crippen LogP contribution in [0.1, 0.15) is 6.92 Å². The highest BCUT2D eigenvalue weighted by Crippen LogP contribution is 2.30. The number of likely N-dealkylation sites (tertiary alicyclic amines) is 1. The van der Waals surface area contributed by atoms with Crippen LogP contribution in [0.15, 0.2) is 11.5 Å². The third kappa shape index (κ3) is 5.14. The summed E-state index contributed by atoms with van der Waals surface area (Å²) in [4.78, 5) is 46.1. The van der Waals surface area contributed by atoms with Crippen LogP contribution < -0.4 is 0 Å². The number of halogens is 1. The molecule has 1 aliphatic heterocycles. The first-order chi connectivity index (χ1) is 9.86. The Kier molecular flexibility index (Phi) is 6.86. The zero-order valence-corrected chi connectivity index (χ0v) is 13.0. The molecule has 1 fully saturated rings.